The van der Waals surface area contributed by atoms with E-state index in [1.54, 1.807) is 0 Å². The zero-order chi connectivity index (χ0) is 37.7. The van der Waals surface area contributed by atoms with E-state index in [-0.39, 0.29) is 31.3 Å². The van der Waals surface area contributed by atoms with Crippen molar-refractivity contribution < 1.29 is 28.5 Å². The van der Waals surface area contributed by atoms with Gasteiger partial charge in [0.2, 0.25) is 0 Å². The van der Waals surface area contributed by atoms with Crippen molar-refractivity contribution >= 4 is 5.97 Å². The van der Waals surface area contributed by atoms with Gasteiger partial charge in [0.1, 0.15) is 24.9 Å². The van der Waals surface area contributed by atoms with Crippen molar-refractivity contribution in [2.45, 2.75) is 238 Å². The number of nitrogens with zero attached hydrogens (tertiary/aromatic N) is 1. The molecule has 4 atom stereocenters. The van der Waals surface area contributed by atoms with Crippen LogP contribution in [0.1, 0.15) is 213 Å². The van der Waals surface area contributed by atoms with Crippen molar-refractivity contribution in [3.05, 3.63) is 0 Å². The van der Waals surface area contributed by atoms with Crippen molar-refractivity contribution in [1.29, 1.82) is 0 Å². The molecule has 0 bridgehead atoms. The Morgan fingerprint density at radius 2 is 0.788 bits per heavy atom. The van der Waals surface area contributed by atoms with Gasteiger partial charge in [-0.1, -0.05) is 194 Å². The van der Waals surface area contributed by atoms with Crippen molar-refractivity contribution in [3.63, 3.8) is 0 Å². The topological polar surface area (TPSA) is 66.5 Å². The first-order chi connectivity index (χ1) is 25.5. The fourth-order valence-electron chi connectivity index (χ4n) is 7.22. The van der Waals surface area contributed by atoms with E-state index in [0.717, 1.165) is 19.3 Å². The highest BCUT2D eigenvalue weighted by molar-refractivity contribution is 5.71. The maximum atomic E-state index is 12.5. The van der Waals surface area contributed by atoms with Gasteiger partial charge in [-0.2, -0.15) is 0 Å². The Morgan fingerprint density at radius 1 is 0.462 bits per heavy atom. The maximum Gasteiger partial charge on any atom is 0.320 e. The molecular formula is C45H89NO6. The average Bonchev–Trinajstić information content (AvgIpc) is 3.46. The molecule has 0 amide bonds. The van der Waals surface area contributed by atoms with Gasteiger partial charge in [0, 0.05) is 19.8 Å². The third kappa shape index (κ3) is 28.7. The molecule has 0 radical (unpaired) electrons. The van der Waals surface area contributed by atoms with Crippen LogP contribution in [0.25, 0.3) is 0 Å². The molecule has 1 saturated heterocycles. The Morgan fingerprint density at radius 3 is 1.15 bits per heavy atom. The second-order valence-corrected chi connectivity index (χ2v) is 16.1. The smallest absolute Gasteiger partial charge is 0.320 e. The van der Waals surface area contributed by atoms with Gasteiger partial charge < -0.3 is 23.7 Å². The fraction of sp³-hybridized carbons (Fsp3) is 0.978. The summed E-state index contributed by atoms with van der Waals surface area (Å²) in [6, 6.07) is 0. The molecular weight excluding hydrogens is 650 g/mol. The summed E-state index contributed by atoms with van der Waals surface area (Å²) in [6.45, 7) is 9.22. The molecule has 0 spiro atoms. The number of hydrogen-bond acceptors (Lipinski definition) is 7. The van der Waals surface area contributed by atoms with Gasteiger partial charge >= 0.3 is 5.97 Å². The predicted molar refractivity (Wildman–Crippen MR) is 219 cm³/mol. The third-order valence-corrected chi connectivity index (χ3v) is 10.5. The molecule has 310 valence electrons. The van der Waals surface area contributed by atoms with Gasteiger partial charge in [-0.3, -0.25) is 9.69 Å². The van der Waals surface area contributed by atoms with Crippen LogP contribution in [0, 0.1) is 0 Å². The van der Waals surface area contributed by atoms with Crippen molar-refractivity contribution in [2.24, 2.45) is 0 Å². The van der Waals surface area contributed by atoms with Crippen LogP contribution >= 0.6 is 0 Å². The standard InChI is InChI=1S/C45H89NO6/c1-6-9-12-15-18-21-24-27-30-33-36-48-43-41(40-51-42(47)39-46(4)5)52-45(50-38-35-32-29-26-23-20-17-14-11-8-3)44(43)49-37-34-31-28-25-22-19-16-13-10-7-2/h41,43-45H,6-40H2,1-5H3/t41-,43?,44+,45-/m1/s1. The summed E-state index contributed by atoms with van der Waals surface area (Å²) >= 11 is 0. The number of rotatable bonds is 40. The number of esters is 1. The molecule has 1 fully saturated rings. The Balaban J connectivity index is 2.65. The Hall–Kier alpha value is -0.730. The van der Waals surface area contributed by atoms with Gasteiger partial charge in [0.05, 0.1) is 6.54 Å². The molecule has 0 aromatic carbocycles. The lowest BCUT2D eigenvalue weighted by Crippen LogP contribution is -2.40. The highest BCUT2D eigenvalue weighted by Gasteiger charge is 2.47. The highest BCUT2D eigenvalue weighted by Crippen LogP contribution is 2.29. The molecule has 1 aliphatic heterocycles. The normalized spacial score (nSPS) is 18.9. The van der Waals surface area contributed by atoms with Gasteiger partial charge in [-0.05, 0) is 33.4 Å². The lowest BCUT2D eigenvalue weighted by Gasteiger charge is -2.25. The second kappa shape index (κ2) is 37.2. The van der Waals surface area contributed by atoms with E-state index >= 15 is 0 Å². The SMILES string of the molecule is CCCCCCCCCCCCOC1[C@@H](COC(=O)CN(C)C)O[C@@H](OCCCCCCCCCCCC)[C@H]1OCCCCCCCCCCCC. The van der Waals surface area contributed by atoms with E-state index in [0.29, 0.717) is 19.8 Å². The Bertz CT molecular complexity index is 751. The van der Waals surface area contributed by atoms with Gasteiger partial charge in [0.15, 0.2) is 6.29 Å². The first-order valence-corrected chi connectivity index (χ1v) is 22.8. The summed E-state index contributed by atoms with van der Waals surface area (Å²) in [5.74, 6) is -0.250. The molecule has 7 nitrogen and oxygen atoms in total. The van der Waals surface area contributed by atoms with E-state index in [2.05, 4.69) is 20.8 Å². The summed E-state index contributed by atoms with van der Waals surface area (Å²) in [5, 5.41) is 0. The summed E-state index contributed by atoms with van der Waals surface area (Å²) < 4.78 is 31.7. The van der Waals surface area contributed by atoms with Crippen LogP contribution in [0.15, 0.2) is 0 Å². The molecule has 7 heteroatoms. The largest absolute Gasteiger partial charge is 0.462 e. The van der Waals surface area contributed by atoms with Gasteiger partial charge in [-0.15, -0.1) is 0 Å². The lowest BCUT2D eigenvalue weighted by molar-refractivity contribution is -0.184. The van der Waals surface area contributed by atoms with Crippen LogP contribution in [0.5, 0.6) is 0 Å². The monoisotopic (exact) mass is 740 g/mol. The van der Waals surface area contributed by atoms with Crippen LogP contribution in [-0.4, -0.2) is 82.5 Å². The van der Waals surface area contributed by atoms with Gasteiger partial charge in [0.25, 0.3) is 0 Å². The summed E-state index contributed by atoms with van der Waals surface area (Å²) in [4.78, 5) is 14.3. The number of unbranched alkanes of at least 4 members (excludes halogenated alkanes) is 27. The zero-order valence-electron chi connectivity index (χ0n) is 35.5. The third-order valence-electron chi connectivity index (χ3n) is 10.5. The number of hydrogen-bond donors (Lipinski definition) is 0. The second-order valence-electron chi connectivity index (χ2n) is 16.1. The molecule has 52 heavy (non-hydrogen) atoms. The Kier molecular flexibility index (Phi) is 35.3. The zero-order valence-corrected chi connectivity index (χ0v) is 35.5. The molecule has 1 rings (SSSR count). The predicted octanol–water partition coefficient (Wildman–Crippen LogP) is 12.4. The molecule has 0 aliphatic carbocycles. The van der Waals surface area contributed by atoms with E-state index in [1.807, 2.05) is 19.0 Å². The highest BCUT2D eigenvalue weighted by atomic mass is 16.7. The minimum atomic E-state index is -0.503. The lowest BCUT2D eigenvalue weighted by atomic mass is 10.1. The molecule has 0 N–H and O–H groups in total. The molecule has 0 saturated carbocycles. The van der Waals surface area contributed by atoms with E-state index in [4.69, 9.17) is 23.7 Å². The average molecular weight is 740 g/mol. The van der Waals surface area contributed by atoms with Crippen molar-refractivity contribution in [1.82, 2.24) is 4.90 Å². The molecule has 1 aliphatic rings. The van der Waals surface area contributed by atoms with Crippen LogP contribution in [-0.2, 0) is 28.5 Å². The van der Waals surface area contributed by atoms with Crippen LogP contribution < -0.4 is 0 Å². The van der Waals surface area contributed by atoms with E-state index in [1.165, 1.54) is 173 Å². The first-order valence-electron chi connectivity index (χ1n) is 22.8. The number of carbonyl (C=O) groups excluding carboxylic acids is 1. The molecule has 1 heterocycles. The van der Waals surface area contributed by atoms with Crippen LogP contribution in [0.4, 0.5) is 0 Å². The van der Waals surface area contributed by atoms with Crippen molar-refractivity contribution in [2.75, 3.05) is 47.1 Å². The molecule has 1 unspecified atom stereocenters. The molecule has 0 aromatic rings. The number of carbonyl (C=O) groups is 1. The van der Waals surface area contributed by atoms with Gasteiger partial charge in [-0.25, -0.2) is 0 Å². The van der Waals surface area contributed by atoms with Crippen molar-refractivity contribution in [3.8, 4) is 0 Å². The molecule has 0 aromatic heterocycles. The Labute approximate surface area is 323 Å². The first kappa shape index (κ1) is 49.3. The maximum absolute atomic E-state index is 12.5. The van der Waals surface area contributed by atoms with Crippen LogP contribution in [0.2, 0.25) is 0 Å². The summed E-state index contributed by atoms with van der Waals surface area (Å²) in [5.41, 5.74) is 0. The summed E-state index contributed by atoms with van der Waals surface area (Å²) in [6.07, 6.45) is 37.2. The number of ether oxygens (including phenoxy) is 5. The van der Waals surface area contributed by atoms with E-state index < -0.39 is 12.4 Å². The van der Waals surface area contributed by atoms with E-state index in [9.17, 15) is 4.79 Å². The van der Waals surface area contributed by atoms with Crippen LogP contribution in [0.3, 0.4) is 0 Å². The summed E-state index contributed by atoms with van der Waals surface area (Å²) in [7, 11) is 3.75. The number of likely N-dealkylation sites (N-methyl/N-ethyl adjacent to an activating group) is 1. The minimum absolute atomic E-state index is 0.158. The quantitative estimate of drug-likeness (QED) is 0.0458. The fourth-order valence-corrected chi connectivity index (χ4v) is 7.22. The minimum Gasteiger partial charge on any atom is -0.462 e.